The summed E-state index contributed by atoms with van der Waals surface area (Å²) in [6, 6.07) is 9.87. The Morgan fingerprint density at radius 1 is 1.22 bits per heavy atom. The number of carbonyl (C=O) groups excluding carboxylic acids is 2. The molecule has 164 valence electrons. The molecule has 3 aromatic rings. The largest absolute Gasteiger partial charge is 0.372 e. The fraction of sp³-hybridized carbons (Fsp3) is 0.238. The molecule has 8 nitrogen and oxygen atoms in total. The van der Waals surface area contributed by atoms with Crippen molar-refractivity contribution in [3.8, 4) is 0 Å². The summed E-state index contributed by atoms with van der Waals surface area (Å²) in [5, 5.41) is 11.7. The topological polar surface area (TPSA) is 90.3 Å². The molecule has 1 aliphatic rings. The Kier molecular flexibility index (Phi) is 6.40. The molecule has 1 fully saturated rings. The average Bonchev–Trinajstić information content (AvgIpc) is 3.39. The Hall–Kier alpha value is -3.02. The molecule has 1 saturated heterocycles. The molecule has 11 heteroatoms. The number of carbonyl (C=O) groups is 2. The molecule has 1 aromatic carbocycles. The van der Waals surface area contributed by atoms with Crippen LogP contribution in [0.2, 0.25) is 0 Å². The van der Waals surface area contributed by atoms with Gasteiger partial charge in [0.2, 0.25) is 11.0 Å². The summed E-state index contributed by atoms with van der Waals surface area (Å²) in [5.74, 6) is -0.708. The zero-order valence-corrected chi connectivity index (χ0v) is 20.1. The lowest BCUT2D eigenvalue weighted by Gasteiger charge is -2.20. The monoisotopic (exact) mass is 484 g/mol. The lowest BCUT2D eigenvalue weighted by molar-refractivity contribution is -0.125. The van der Waals surface area contributed by atoms with E-state index >= 15 is 0 Å². The van der Waals surface area contributed by atoms with E-state index in [0.717, 1.165) is 38.9 Å². The highest BCUT2D eigenvalue weighted by Gasteiger charge is 2.33. The highest BCUT2D eigenvalue weighted by atomic mass is 32.1. The van der Waals surface area contributed by atoms with Crippen molar-refractivity contribution < 1.29 is 9.59 Å². The minimum atomic E-state index is -0.392. The number of amides is 2. The predicted octanol–water partition coefficient (Wildman–Crippen LogP) is 5.22. The van der Waals surface area contributed by atoms with E-state index in [-0.39, 0.29) is 16.7 Å². The Morgan fingerprint density at radius 3 is 2.56 bits per heavy atom. The van der Waals surface area contributed by atoms with Crippen LogP contribution in [-0.2, 0) is 9.59 Å². The van der Waals surface area contributed by atoms with Gasteiger partial charge in [-0.2, -0.15) is 0 Å². The number of hydrogen-bond acceptors (Lipinski definition) is 9. The number of fused-ring (bicyclic) bond motifs is 1. The molecular weight excluding hydrogens is 464 g/mol. The summed E-state index contributed by atoms with van der Waals surface area (Å²) >= 11 is 7.88. The summed E-state index contributed by atoms with van der Waals surface area (Å²) < 4.78 is 0.933. The first-order chi connectivity index (χ1) is 15.4. The number of nitrogens with zero attached hydrogens (tertiary/aromatic N) is 5. The Morgan fingerprint density at radius 2 is 1.94 bits per heavy atom. The third-order valence-electron chi connectivity index (χ3n) is 4.82. The van der Waals surface area contributed by atoms with Gasteiger partial charge in [-0.15, -0.1) is 21.6 Å². The van der Waals surface area contributed by atoms with Crippen LogP contribution in [0.5, 0.6) is 0 Å². The average molecular weight is 485 g/mol. The summed E-state index contributed by atoms with van der Waals surface area (Å²) in [5.41, 5.74) is 2.13. The van der Waals surface area contributed by atoms with Crippen molar-refractivity contribution in [3.63, 3.8) is 0 Å². The van der Waals surface area contributed by atoms with Crippen molar-refractivity contribution in [1.29, 1.82) is 0 Å². The van der Waals surface area contributed by atoms with Crippen LogP contribution < -0.4 is 10.2 Å². The second-order valence-corrected chi connectivity index (χ2v) is 9.30. The van der Waals surface area contributed by atoms with Gasteiger partial charge in [-0.3, -0.25) is 19.8 Å². The highest BCUT2D eigenvalue weighted by molar-refractivity contribution is 7.80. The number of thiophene rings is 1. The first-order valence-electron chi connectivity index (χ1n) is 9.94. The first-order valence-corrected chi connectivity index (χ1v) is 12.0. The summed E-state index contributed by atoms with van der Waals surface area (Å²) in [6.45, 7) is 7.53. The van der Waals surface area contributed by atoms with E-state index in [1.807, 2.05) is 30.3 Å². The maximum atomic E-state index is 12.1. The van der Waals surface area contributed by atoms with Crippen LogP contribution in [0.1, 0.15) is 25.6 Å². The fourth-order valence-electron chi connectivity index (χ4n) is 3.28. The first kappa shape index (κ1) is 22.2. The summed E-state index contributed by atoms with van der Waals surface area (Å²) in [4.78, 5) is 33.5. The fourth-order valence-corrected chi connectivity index (χ4v) is 5.58. The van der Waals surface area contributed by atoms with Crippen LogP contribution >= 0.6 is 34.9 Å². The Balaban J connectivity index is 1.51. The minimum absolute atomic E-state index is 0.0954. The lowest BCUT2D eigenvalue weighted by Crippen LogP contribution is -2.31. The van der Waals surface area contributed by atoms with Crippen LogP contribution in [-0.4, -0.2) is 39.9 Å². The quantitative estimate of drug-likeness (QED) is 0.294. The number of nitrogens with one attached hydrogen (secondary N) is 1. The molecular formula is C21H20N6O2S3. The molecule has 2 aromatic heterocycles. The van der Waals surface area contributed by atoms with Gasteiger partial charge in [0.25, 0.3) is 5.91 Å². The second kappa shape index (κ2) is 9.23. The van der Waals surface area contributed by atoms with E-state index in [1.54, 1.807) is 6.08 Å². The number of thiocarbonyl (C=S) groups is 1. The molecule has 3 heterocycles. The van der Waals surface area contributed by atoms with Gasteiger partial charge in [-0.25, -0.2) is 4.98 Å². The number of anilines is 1. The van der Waals surface area contributed by atoms with Gasteiger partial charge in [-0.05, 0) is 62.5 Å². The van der Waals surface area contributed by atoms with E-state index < -0.39 is 5.91 Å². The van der Waals surface area contributed by atoms with Crippen molar-refractivity contribution >= 4 is 83.9 Å². The molecule has 2 amide bonds. The van der Waals surface area contributed by atoms with Gasteiger partial charge >= 0.3 is 0 Å². The van der Waals surface area contributed by atoms with E-state index in [2.05, 4.69) is 39.3 Å². The molecule has 1 N–H and O–H groups in total. The van der Waals surface area contributed by atoms with Crippen molar-refractivity contribution in [3.05, 3.63) is 40.9 Å². The van der Waals surface area contributed by atoms with E-state index in [1.165, 1.54) is 34.5 Å². The molecule has 0 saturated carbocycles. The Bertz CT molecular complexity index is 1220. The molecule has 0 radical (unpaired) electrons. The molecule has 0 unspecified atom stereocenters. The standard InChI is InChI=1S/C21H20N6O2S3/c1-4-26(5-2)14-8-6-13(7-9-14)24-25-20-23-19-17(32-20)11-15(31-19)10-16-18(29)22-21(30)27(16)12(3)28/h6-11H,4-5H2,1-3H3,(H,22,29,30)/b16-10-,25-24+. The molecule has 32 heavy (non-hydrogen) atoms. The van der Waals surface area contributed by atoms with Crippen molar-refractivity contribution in [1.82, 2.24) is 15.2 Å². The van der Waals surface area contributed by atoms with Crippen molar-refractivity contribution in [2.45, 2.75) is 20.8 Å². The zero-order chi connectivity index (χ0) is 22.8. The number of azo groups is 1. The lowest BCUT2D eigenvalue weighted by atomic mass is 10.2. The van der Waals surface area contributed by atoms with Crippen LogP contribution in [0.15, 0.2) is 46.3 Å². The van der Waals surface area contributed by atoms with Gasteiger partial charge in [0.1, 0.15) is 10.5 Å². The summed E-state index contributed by atoms with van der Waals surface area (Å²) in [7, 11) is 0. The third kappa shape index (κ3) is 4.45. The number of benzene rings is 1. The maximum Gasteiger partial charge on any atom is 0.274 e. The van der Waals surface area contributed by atoms with Crippen molar-refractivity contribution in [2.24, 2.45) is 10.2 Å². The highest BCUT2D eigenvalue weighted by Crippen LogP contribution is 2.36. The third-order valence-corrected chi connectivity index (χ3v) is 7.09. The van der Waals surface area contributed by atoms with Gasteiger partial charge in [0.05, 0.1) is 10.4 Å². The molecule has 1 aliphatic heterocycles. The second-order valence-electron chi connectivity index (χ2n) is 6.85. The predicted molar refractivity (Wildman–Crippen MR) is 133 cm³/mol. The van der Waals surface area contributed by atoms with Gasteiger partial charge in [0, 0.05) is 30.6 Å². The number of aromatic nitrogens is 1. The molecule has 0 spiro atoms. The van der Waals surface area contributed by atoms with Crippen LogP contribution in [0.4, 0.5) is 16.5 Å². The smallest absolute Gasteiger partial charge is 0.274 e. The Labute approximate surface area is 198 Å². The molecule has 4 rings (SSSR count). The van der Waals surface area contributed by atoms with Gasteiger partial charge in [0.15, 0.2) is 5.11 Å². The van der Waals surface area contributed by atoms with Crippen LogP contribution in [0, 0.1) is 0 Å². The van der Waals surface area contributed by atoms with E-state index in [4.69, 9.17) is 12.2 Å². The van der Waals surface area contributed by atoms with E-state index in [9.17, 15) is 9.59 Å². The van der Waals surface area contributed by atoms with Crippen LogP contribution in [0.3, 0.4) is 0 Å². The minimum Gasteiger partial charge on any atom is -0.372 e. The SMILES string of the molecule is CCN(CC)c1ccc(/N=N/c2nc3sc(/C=C4/C(=O)NC(=S)N4C(C)=O)cc3s2)cc1. The maximum absolute atomic E-state index is 12.1. The molecule has 0 bridgehead atoms. The zero-order valence-electron chi connectivity index (χ0n) is 17.7. The van der Waals surface area contributed by atoms with Crippen LogP contribution in [0.25, 0.3) is 15.6 Å². The van der Waals surface area contributed by atoms with E-state index in [0.29, 0.717) is 5.13 Å². The number of thiazole rings is 1. The van der Waals surface area contributed by atoms with Gasteiger partial charge < -0.3 is 4.90 Å². The normalized spacial score (nSPS) is 15.3. The molecule has 0 aliphatic carbocycles. The molecule has 0 atom stereocenters. The van der Waals surface area contributed by atoms with Gasteiger partial charge in [-0.1, -0.05) is 11.3 Å². The number of hydrogen-bond donors (Lipinski definition) is 1. The summed E-state index contributed by atoms with van der Waals surface area (Å²) in [6.07, 6.45) is 1.65. The van der Waals surface area contributed by atoms with Crippen molar-refractivity contribution in [2.75, 3.05) is 18.0 Å². The number of rotatable bonds is 6.